The molecule has 1 amide bonds. The standard InChI is InChI=1S/C6H4FIN2O/c7-4-1-3(8)2-10-5(4)6(9)11/h1-2H,(H2,9,11). The molecule has 3 nitrogen and oxygen atoms in total. The molecule has 0 atom stereocenters. The highest BCUT2D eigenvalue weighted by molar-refractivity contribution is 14.1. The van der Waals surface area contributed by atoms with E-state index < -0.39 is 11.7 Å². The van der Waals surface area contributed by atoms with Crippen molar-refractivity contribution in [3.8, 4) is 0 Å². The summed E-state index contributed by atoms with van der Waals surface area (Å²) in [6.07, 6.45) is 1.38. The Balaban J connectivity index is 3.20. The number of rotatable bonds is 1. The van der Waals surface area contributed by atoms with Gasteiger partial charge in [-0.05, 0) is 28.7 Å². The second-order valence-electron chi connectivity index (χ2n) is 1.85. The molecule has 58 valence electrons. The van der Waals surface area contributed by atoms with Crippen molar-refractivity contribution in [3.05, 3.63) is 27.3 Å². The van der Waals surface area contributed by atoms with Gasteiger partial charge < -0.3 is 5.73 Å². The van der Waals surface area contributed by atoms with Gasteiger partial charge in [0.05, 0.1) is 0 Å². The van der Waals surface area contributed by atoms with Gasteiger partial charge in [-0.25, -0.2) is 9.37 Å². The van der Waals surface area contributed by atoms with Gasteiger partial charge in [-0.1, -0.05) is 0 Å². The Morgan fingerprint density at radius 2 is 2.36 bits per heavy atom. The molecule has 0 spiro atoms. The Bertz CT molecular complexity index is 303. The van der Waals surface area contributed by atoms with Crippen LogP contribution in [0.5, 0.6) is 0 Å². The molecule has 0 aromatic carbocycles. The third kappa shape index (κ3) is 1.86. The lowest BCUT2D eigenvalue weighted by atomic mass is 10.3. The van der Waals surface area contributed by atoms with Gasteiger partial charge in [-0.3, -0.25) is 4.79 Å². The third-order valence-corrected chi connectivity index (χ3v) is 1.63. The number of amides is 1. The number of nitrogens with zero attached hydrogens (tertiary/aromatic N) is 1. The Hall–Kier alpha value is -0.720. The molecular formula is C6H4FIN2O. The van der Waals surface area contributed by atoms with E-state index in [2.05, 4.69) is 4.98 Å². The molecule has 0 bridgehead atoms. The Kier molecular flexibility index (Phi) is 2.38. The van der Waals surface area contributed by atoms with Gasteiger partial charge in [0.25, 0.3) is 5.91 Å². The average Bonchev–Trinajstić information content (AvgIpc) is 1.85. The van der Waals surface area contributed by atoms with E-state index in [4.69, 9.17) is 5.73 Å². The lowest BCUT2D eigenvalue weighted by molar-refractivity contribution is 0.0991. The normalized spacial score (nSPS) is 9.64. The SMILES string of the molecule is NC(=O)c1ncc(I)cc1F. The Morgan fingerprint density at radius 1 is 1.73 bits per heavy atom. The summed E-state index contributed by atoms with van der Waals surface area (Å²) in [5.41, 5.74) is 4.51. The van der Waals surface area contributed by atoms with Crippen molar-refractivity contribution in [1.82, 2.24) is 4.98 Å². The van der Waals surface area contributed by atoms with Gasteiger partial charge in [0.15, 0.2) is 11.5 Å². The summed E-state index contributed by atoms with van der Waals surface area (Å²) >= 11 is 1.89. The van der Waals surface area contributed by atoms with Crippen LogP contribution in [0.4, 0.5) is 4.39 Å². The molecule has 1 aromatic rings. The van der Waals surface area contributed by atoms with Crippen molar-refractivity contribution < 1.29 is 9.18 Å². The van der Waals surface area contributed by atoms with Crippen molar-refractivity contribution >= 4 is 28.5 Å². The van der Waals surface area contributed by atoms with E-state index in [1.807, 2.05) is 22.6 Å². The van der Waals surface area contributed by atoms with Crippen molar-refractivity contribution in [2.45, 2.75) is 0 Å². The molecule has 0 fully saturated rings. The van der Waals surface area contributed by atoms with Gasteiger partial charge in [-0.15, -0.1) is 0 Å². The van der Waals surface area contributed by atoms with Crippen molar-refractivity contribution in [3.63, 3.8) is 0 Å². The molecule has 0 aliphatic heterocycles. The zero-order valence-electron chi connectivity index (χ0n) is 5.34. The summed E-state index contributed by atoms with van der Waals surface area (Å²) in [5.74, 6) is -1.52. The van der Waals surface area contributed by atoms with Gasteiger partial charge >= 0.3 is 0 Å². The maximum Gasteiger partial charge on any atom is 0.270 e. The molecule has 0 aliphatic carbocycles. The summed E-state index contributed by atoms with van der Waals surface area (Å²) in [6, 6.07) is 1.20. The number of nitrogens with two attached hydrogens (primary N) is 1. The highest BCUT2D eigenvalue weighted by Crippen LogP contribution is 2.07. The summed E-state index contributed by atoms with van der Waals surface area (Å²) in [7, 11) is 0. The molecule has 2 N–H and O–H groups in total. The van der Waals surface area contributed by atoms with Crippen LogP contribution in [0.1, 0.15) is 10.5 Å². The Morgan fingerprint density at radius 3 is 2.82 bits per heavy atom. The molecule has 5 heteroatoms. The highest BCUT2D eigenvalue weighted by atomic mass is 127. The van der Waals surface area contributed by atoms with Crippen LogP contribution < -0.4 is 5.73 Å². The zero-order valence-corrected chi connectivity index (χ0v) is 7.50. The lowest BCUT2D eigenvalue weighted by Gasteiger charge is -1.95. The molecule has 0 saturated carbocycles. The maximum atomic E-state index is 12.7. The van der Waals surface area contributed by atoms with Crippen LogP contribution in [0.2, 0.25) is 0 Å². The van der Waals surface area contributed by atoms with E-state index in [9.17, 15) is 9.18 Å². The van der Waals surface area contributed by atoms with Gasteiger partial charge in [0.2, 0.25) is 0 Å². The number of carbonyl (C=O) groups excluding carboxylic acids is 1. The minimum absolute atomic E-state index is 0.314. The van der Waals surface area contributed by atoms with Crippen LogP contribution in [-0.4, -0.2) is 10.9 Å². The van der Waals surface area contributed by atoms with E-state index in [-0.39, 0.29) is 5.69 Å². The minimum Gasteiger partial charge on any atom is -0.364 e. The molecule has 1 aromatic heterocycles. The molecule has 11 heavy (non-hydrogen) atoms. The molecule has 0 saturated heterocycles. The van der Waals surface area contributed by atoms with E-state index in [1.165, 1.54) is 12.3 Å². The first kappa shape index (κ1) is 8.38. The van der Waals surface area contributed by atoms with Crippen LogP contribution in [0.25, 0.3) is 0 Å². The number of halogens is 2. The summed E-state index contributed by atoms with van der Waals surface area (Å²) < 4.78 is 13.4. The fourth-order valence-electron chi connectivity index (χ4n) is 0.596. The molecule has 0 radical (unpaired) electrons. The van der Waals surface area contributed by atoms with Gasteiger partial charge in [0, 0.05) is 9.77 Å². The predicted molar refractivity (Wildman–Crippen MR) is 45.4 cm³/mol. The van der Waals surface area contributed by atoms with E-state index in [0.717, 1.165) is 0 Å². The van der Waals surface area contributed by atoms with Crippen molar-refractivity contribution in [1.29, 1.82) is 0 Å². The smallest absolute Gasteiger partial charge is 0.270 e. The predicted octanol–water partition coefficient (Wildman–Crippen LogP) is 0.924. The maximum absolute atomic E-state index is 12.7. The first-order chi connectivity index (χ1) is 5.11. The highest BCUT2D eigenvalue weighted by Gasteiger charge is 2.08. The summed E-state index contributed by atoms with van der Waals surface area (Å²) in [5, 5.41) is 0. The number of pyridine rings is 1. The summed E-state index contributed by atoms with van der Waals surface area (Å²) in [6.45, 7) is 0. The van der Waals surface area contributed by atoms with E-state index in [1.54, 1.807) is 0 Å². The second-order valence-corrected chi connectivity index (χ2v) is 3.09. The number of carbonyl (C=O) groups is 1. The van der Waals surface area contributed by atoms with E-state index in [0.29, 0.717) is 3.57 Å². The van der Waals surface area contributed by atoms with Crippen LogP contribution >= 0.6 is 22.6 Å². The van der Waals surface area contributed by atoms with Crippen molar-refractivity contribution in [2.75, 3.05) is 0 Å². The zero-order chi connectivity index (χ0) is 8.43. The van der Waals surface area contributed by atoms with Gasteiger partial charge in [-0.2, -0.15) is 0 Å². The lowest BCUT2D eigenvalue weighted by Crippen LogP contribution is -2.15. The molecule has 0 aliphatic rings. The fraction of sp³-hybridized carbons (Fsp3) is 0. The van der Waals surface area contributed by atoms with Crippen LogP contribution in [0.3, 0.4) is 0 Å². The molecular weight excluding hydrogens is 262 g/mol. The monoisotopic (exact) mass is 266 g/mol. The van der Waals surface area contributed by atoms with Gasteiger partial charge in [0.1, 0.15) is 0 Å². The number of hydrogen-bond donors (Lipinski definition) is 1. The molecule has 0 unspecified atom stereocenters. The summed E-state index contributed by atoms with van der Waals surface area (Å²) in [4.78, 5) is 14.0. The minimum atomic E-state index is -0.848. The van der Waals surface area contributed by atoms with E-state index >= 15 is 0 Å². The fourth-order valence-corrected chi connectivity index (χ4v) is 1.01. The Labute approximate surface area is 75.9 Å². The number of hydrogen-bond acceptors (Lipinski definition) is 2. The average molecular weight is 266 g/mol. The largest absolute Gasteiger partial charge is 0.364 e. The second kappa shape index (κ2) is 3.12. The number of aromatic nitrogens is 1. The molecule has 1 rings (SSSR count). The van der Waals surface area contributed by atoms with Crippen molar-refractivity contribution in [2.24, 2.45) is 5.73 Å². The topological polar surface area (TPSA) is 56.0 Å². The quantitative estimate of drug-likeness (QED) is 0.768. The first-order valence-electron chi connectivity index (χ1n) is 2.72. The molecule has 1 heterocycles. The van der Waals surface area contributed by atoms with Crippen LogP contribution in [0.15, 0.2) is 12.3 Å². The van der Waals surface area contributed by atoms with Crippen LogP contribution in [-0.2, 0) is 0 Å². The number of primary amides is 1. The van der Waals surface area contributed by atoms with Crippen LogP contribution in [0, 0.1) is 9.39 Å². The third-order valence-electron chi connectivity index (χ3n) is 1.04. The first-order valence-corrected chi connectivity index (χ1v) is 3.80.